The van der Waals surface area contributed by atoms with Gasteiger partial charge in [0.25, 0.3) is 0 Å². The summed E-state index contributed by atoms with van der Waals surface area (Å²) in [5.41, 5.74) is 2.17. The van der Waals surface area contributed by atoms with E-state index in [1.54, 1.807) is 0 Å². The second kappa shape index (κ2) is 10.3. The van der Waals surface area contributed by atoms with E-state index in [2.05, 4.69) is 53.3 Å². The SMILES string of the molecule is Cc1nc(N2CCC(N3C[C@@H](C)O[C@@H](C)C3)CC2)ccc1NC1CC2(CC(NC(=O)OC(C)(C)C)C2)C1. The summed E-state index contributed by atoms with van der Waals surface area (Å²) in [7, 11) is 0. The van der Waals surface area contributed by atoms with Crippen LogP contribution in [0.15, 0.2) is 12.1 Å². The van der Waals surface area contributed by atoms with Crippen LogP contribution in [0.25, 0.3) is 0 Å². The molecule has 37 heavy (non-hydrogen) atoms. The number of pyridine rings is 1. The highest BCUT2D eigenvalue weighted by molar-refractivity contribution is 5.68. The van der Waals surface area contributed by atoms with Crippen LogP contribution in [0.4, 0.5) is 16.3 Å². The summed E-state index contributed by atoms with van der Waals surface area (Å²) in [4.78, 5) is 22.1. The predicted octanol–water partition coefficient (Wildman–Crippen LogP) is 4.72. The maximum atomic E-state index is 12.0. The van der Waals surface area contributed by atoms with E-state index in [-0.39, 0.29) is 12.1 Å². The molecule has 0 radical (unpaired) electrons. The Hall–Kier alpha value is -2.06. The number of aromatic nitrogens is 1. The molecule has 206 valence electrons. The third-order valence-corrected chi connectivity index (χ3v) is 8.62. The number of nitrogens with zero attached hydrogens (tertiary/aromatic N) is 3. The Balaban J connectivity index is 1.05. The minimum absolute atomic E-state index is 0.248. The van der Waals surface area contributed by atoms with E-state index in [1.165, 1.54) is 12.8 Å². The van der Waals surface area contributed by atoms with Gasteiger partial charge in [-0.2, -0.15) is 0 Å². The van der Waals surface area contributed by atoms with Gasteiger partial charge in [-0.1, -0.05) is 0 Å². The molecule has 2 saturated heterocycles. The highest BCUT2D eigenvalue weighted by atomic mass is 16.6. The molecule has 0 unspecified atom stereocenters. The quantitative estimate of drug-likeness (QED) is 0.590. The van der Waals surface area contributed by atoms with Gasteiger partial charge in [-0.25, -0.2) is 9.78 Å². The molecule has 2 atom stereocenters. The van der Waals surface area contributed by atoms with Crippen molar-refractivity contribution in [2.75, 3.05) is 36.4 Å². The van der Waals surface area contributed by atoms with Gasteiger partial charge in [0.05, 0.1) is 23.6 Å². The zero-order valence-corrected chi connectivity index (χ0v) is 23.7. The molecule has 4 aliphatic rings. The molecule has 1 amide bonds. The largest absolute Gasteiger partial charge is 0.444 e. The first kappa shape index (κ1) is 26.5. The third kappa shape index (κ3) is 6.33. The highest BCUT2D eigenvalue weighted by Crippen LogP contribution is 2.56. The summed E-state index contributed by atoms with van der Waals surface area (Å²) in [5.74, 6) is 1.10. The molecule has 1 aromatic heterocycles. The number of hydrogen-bond acceptors (Lipinski definition) is 7. The number of aryl methyl sites for hydroxylation is 1. The molecule has 4 fully saturated rings. The Morgan fingerprint density at radius 3 is 2.27 bits per heavy atom. The monoisotopic (exact) mass is 513 g/mol. The van der Waals surface area contributed by atoms with Crippen molar-refractivity contribution in [2.45, 2.75) is 116 Å². The fourth-order valence-corrected chi connectivity index (χ4v) is 7.06. The summed E-state index contributed by atoms with van der Waals surface area (Å²) in [5, 5.41) is 6.76. The van der Waals surface area contributed by atoms with Gasteiger partial charge in [-0.3, -0.25) is 4.90 Å². The maximum Gasteiger partial charge on any atom is 0.407 e. The molecule has 2 aliphatic carbocycles. The lowest BCUT2D eigenvalue weighted by Crippen LogP contribution is -2.59. The summed E-state index contributed by atoms with van der Waals surface area (Å²) >= 11 is 0. The van der Waals surface area contributed by atoms with Crippen LogP contribution in [-0.2, 0) is 9.47 Å². The lowest BCUT2D eigenvalue weighted by molar-refractivity contribution is -0.0826. The number of anilines is 2. The second-order valence-corrected chi connectivity index (χ2v) is 13.2. The number of carbonyl (C=O) groups is 1. The first-order valence-electron chi connectivity index (χ1n) is 14.4. The van der Waals surface area contributed by atoms with E-state index in [0.717, 1.165) is 69.1 Å². The average Bonchev–Trinajstić information content (AvgIpc) is 2.75. The van der Waals surface area contributed by atoms with Gasteiger partial charge in [0.15, 0.2) is 0 Å². The second-order valence-electron chi connectivity index (χ2n) is 13.2. The number of hydrogen-bond donors (Lipinski definition) is 2. The summed E-state index contributed by atoms with van der Waals surface area (Å²) in [6.45, 7) is 16.4. The number of amides is 1. The Morgan fingerprint density at radius 1 is 1.05 bits per heavy atom. The van der Waals surface area contributed by atoms with Crippen molar-refractivity contribution in [3.8, 4) is 0 Å². The van der Waals surface area contributed by atoms with Gasteiger partial charge in [0, 0.05) is 44.3 Å². The zero-order chi connectivity index (χ0) is 26.4. The molecule has 2 aliphatic heterocycles. The van der Waals surface area contributed by atoms with Crippen molar-refractivity contribution >= 4 is 17.6 Å². The Labute approximate surface area is 222 Å². The van der Waals surface area contributed by atoms with Crippen molar-refractivity contribution in [1.82, 2.24) is 15.2 Å². The molecule has 2 saturated carbocycles. The smallest absolute Gasteiger partial charge is 0.407 e. The van der Waals surface area contributed by atoms with Gasteiger partial charge >= 0.3 is 6.09 Å². The van der Waals surface area contributed by atoms with E-state index in [4.69, 9.17) is 14.5 Å². The molecule has 0 bridgehead atoms. The van der Waals surface area contributed by atoms with Crippen molar-refractivity contribution in [3.05, 3.63) is 17.8 Å². The molecule has 1 aromatic rings. The maximum absolute atomic E-state index is 12.0. The molecule has 8 nitrogen and oxygen atoms in total. The van der Waals surface area contributed by atoms with E-state index >= 15 is 0 Å². The molecule has 5 rings (SSSR count). The van der Waals surface area contributed by atoms with Gasteiger partial charge < -0.3 is 25.0 Å². The summed E-state index contributed by atoms with van der Waals surface area (Å²) in [6, 6.07) is 5.80. The molecule has 3 heterocycles. The van der Waals surface area contributed by atoms with Crippen LogP contribution in [0.3, 0.4) is 0 Å². The van der Waals surface area contributed by atoms with Crippen LogP contribution in [0.2, 0.25) is 0 Å². The normalized spacial score (nSPS) is 33.0. The predicted molar refractivity (Wildman–Crippen MR) is 147 cm³/mol. The van der Waals surface area contributed by atoms with Crippen LogP contribution in [-0.4, -0.2) is 78.1 Å². The van der Waals surface area contributed by atoms with Gasteiger partial charge in [0.2, 0.25) is 0 Å². The van der Waals surface area contributed by atoms with Gasteiger partial charge in [0.1, 0.15) is 11.4 Å². The minimum Gasteiger partial charge on any atom is -0.444 e. The first-order valence-corrected chi connectivity index (χ1v) is 14.4. The molecular formula is C29H47N5O3. The zero-order valence-electron chi connectivity index (χ0n) is 23.7. The topological polar surface area (TPSA) is 79.0 Å². The Bertz CT molecular complexity index is 947. The van der Waals surface area contributed by atoms with Crippen molar-refractivity contribution in [2.24, 2.45) is 5.41 Å². The number of carbonyl (C=O) groups excluding carboxylic acids is 1. The van der Waals surface area contributed by atoms with Crippen molar-refractivity contribution in [3.63, 3.8) is 0 Å². The molecule has 0 aromatic carbocycles. The van der Waals surface area contributed by atoms with Crippen LogP contribution in [0.1, 0.15) is 78.8 Å². The Kier molecular flexibility index (Phi) is 7.35. The van der Waals surface area contributed by atoms with E-state index in [1.807, 2.05) is 20.8 Å². The minimum atomic E-state index is -0.449. The first-order chi connectivity index (χ1) is 17.5. The van der Waals surface area contributed by atoms with Crippen molar-refractivity contribution in [1.29, 1.82) is 0 Å². The van der Waals surface area contributed by atoms with Crippen LogP contribution >= 0.6 is 0 Å². The number of nitrogens with one attached hydrogen (secondary N) is 2. The highest BCUT2D eigenvalue weighted by Gasteiger charge is 2.53. The fraction of sp³-hybridized carbons (Fsp3) is 0.793. The van der Waals surface area contributed by atoms with E-state index in [0.29, 0.717) is 29.7 Å². The van der Waals surface area contributed by atoms with E-state index < -0.39 is 5.60 Å². The molecule has 1 spiro atoms. The van der Waals surface area contributed by atoms with Gasteiger partial charge in [-0.05, 0) is 97.6 Å². The Morgan fingerprint density at radius 2 is 1.68 bits per heavy atom. The standard InChI is InChI=1S/C29H47N5O3/c1-19-17-34(18-20(2)36-19)24-9-11-33(12-10-24)26-8-7-25(21(3)30-26)31-22-13-29(14-22)15-23(16-29)32-27(35)37-28(4,5)6/h7-8,19-20,22-24,31H,9-18H2,1-6H3,(H,32,35)/t19-,20+,22?,23?,29?. The molecule has 2 N–H and O–H groups in total. The summed E-state index contributed by atoms with van der Waals surface area (Å²) in [6.07, 6.45) is 7.17. The van der Waals surface area contributed by atoms with Crippen LogP contribution < -0.4 is 15.5 Å². The van der Waals surface area contributed by atoms with Crippen LogP contribution in [0.5, 0.6) is 0 Å². The van der Waals surface area contributed by atoms with E-state index in [9.17, 15) is 4.79 Å². The number of alkyl carbamates (subject to hydrolysis) is 1. The average molecular weight is 514 g/mol. The number of morpholine rings is 1. The van der Waals surface area contributed by atoms with Crippen molar-refractivity contribution < 1.29 is 14.3 Å². The molecular weight excluding hydrogens is 466 g/mol. The number of rotatable bonds is 5. The lowest BCUT2D eigenvalue weighted by atomic mass is 9.52. The number of piperidine rings is 1. The molecule has 8 heteroatoms. The number of ether oxygens (including phenoxy) is 2. The summed E-state index contributed by atoms with van der Waals surface area (Å²) < 4.78 is 11.3. The fourth-order valence-electron chi connectivity index (χ4n) is 7.06. The lowest BCUT2D eigenvalue weighted by Gasteiger charge is -2.58. The van der Waals surface area contributed by atoms with Crippen LogP contribution in [0, 0.1) is 12.3 Å². The third-order valence-electron chi connectivity index (χ3n) is 8.62. The van der Waals surface area contributed by atoms with Gasteiger partial charge in [-0.15, -0.1) is 0 Å².